The standard InChI is InChI=1S/C8H14/c1-5-7(3)8(4)6-2/h5H,1,6H2,2-4H3/b8-7-. The zero-order valence-corrected chi connectivity index (χ0v) is 5.99. The molecule has 0 nitrogen and oxygen atoms in total. The van der Waals surface area contributed by atoms with E-state index in [0.717, 1.165) is 6.42 Å². The summed E-state index contributed by atoms with van der Waals surface area (Å²) in [5, 5.41) is 0. The predicted octanol–water partition coefficient (Wildman–Crippen LogP) is 2.92. The van der Waals surface area contributed by atoms with Crippen molar-refractivity contribution in [1.82, 2.24) is 0 Å². The summed E-state index contributed by atoms with van der Waals surface area (Å²) in [5.41, 5.74) is 2.74. The molecule has 0 heteroatoms. The van der Waals surface area contributed by atoms with E-state index in [4.69, 9.17) is 0 Å². The van der Waals surface area contributed by atoms with Crippen LogP contribution in [0, 0.1) is 0 Å². The molecule has 0 saturated carbocycles. The quantitative estimate of drug-likeness (QED) is 0.479. The fourth-order valence-electron chi connectivity index (χ4n) is 0.453. The zero-order chi connectivity index (χ0) is 6.57. The van der Waals surface area contributed by atoms with Crippen molar-refractivity contribution in [2.75, 3.05) is 0 Å². The maximum absolute atomic E-state index is 3.67. The molecule has 0 aromatic carbocycles. The van der Waals surface area contributed by atoms with E-state index in [9.17, 15) is 0 Å². The smallest absolute Gasteiger partial charge is 0.0346 e. The normalized spacial score (nSPS) is 12.9. The molecule has 0 N–H and O–H groups in total. The van der Waals surface area contributed by atoms with E-state index in [1.54, 1.807) is 0 Å². The summed E-state index contributed by atoms with van der Waals surface area (Å²) in [7, 11) is 0. The van der Waals surface area contributed by atoms with Gasteiger partial charge in [-0.05, 0) is 20.3 Å². The first-order chi connectivity index (χ1) is 3.72. The lowest BCUT2D eigenvalue weighted by molar-refractivity contribution is 1.07. The van der Waals surface area contributed by atoms with Crippen LogP contribution in [0.5, 0.6) is 0 Å². The van der Waals surface area contributed by atoms with Crippen molar-refractivity contribution in [3.05, 3.63) is 23.8 Å². The minimum absolute atomic E-state index is 1.14. The Morgan fingerprint density at radius 2 is 2.00 bits per heavy atom. The summed E-state index contributed by atoms with van der Waals surface area (Å²) >= 11 is 0. The minimum Gasteiger partial charge on any atom is -0.0988 e. The second-order valence-electron chi connectivity index (χ2n) is 2.02. The average Bonchev–Trinajstić information content (AvgIpc) is 1.84. The molecule has 0 radical (unpaired) electrons. The summed E-state index contributed by atoms with van der Waals surface area (Å²) in [4.78, 5) is 0. The average molecular weight is 110 g/mol. The van der Waals surface area contributed by atoms with Gasteiger partial charge in [-0.2, -0.15) is 0 Å². The van der Waals surface area contributed by atoms with Crippen LogP contribution in [0.3, 0.4) is 0 Å². The fraction of sp³-hybridized carbons (Fsp3) is 0.500. The number of rotatable bonds is 2. The van der Waals surface area contributed by atoms with Gasteiger partial charge >= 0.3 is 0 Å². The Morgan fingerprint density at radius 1 is 1.50 bits per heavy atom. The minimum atomic E-state index is 1.14. The van der Waals surface area contributed by atoms with Crippen LogP contribution >= 0.6 is 0 Å². The van der Waals surface area contributed by atoms with Gasteiger partial charge in [0.1, 0.15) is 0 Å². The second-order valence-corrected chi connectivity index (χ2v) is 2.02. The molecule has 0 fully saturated rings. The third-order valence-electron chi connectivity index (χ3n) is 1.51. The summed E-state index contributed by atoms with van der Waals surface area (Å²) in [6.07, 6.45) is 3.04. The second kappa shape index (κ2) is 3.48. The Bertz CT molecular complexity index is 107. The number of hydrogen-bond donors (Lipinski definition) is 0. The van der Waals surface area contributed by atoms with E-state index in [1.165, 1.54) is 11.1 Å². The molecule has 46 valence electrons. The number of allylic oxidation sites excluding steroid dienone is 3. The van der Waals surface area contributed by atoms with Gasteiger partial charge < -0.3 is 0 Å². The molecule has 0 aromatic heterocycles. The van der Waals surface area contributed by atoms with Crippen molar-refractivity contribution >= 4 is 0 Å². The van der Waals surface area contributed by atoms with E-state index >= 15 is 0 Å². The van der Waals surface area contributed by atoms with Crippen molar-refractivity contribution in [1.29, 1.82) is 0 Å². The van der Waals surface area contributed by atoms with Crippen LogP contribution in [0.25, 0.3) is 0 Å². The zero-order valence-electron chi connectivity index (χ0n) is 5.99. The topological polar surface area (TPSA) is 0 Å². The highest BCUT2D eigenvalue weighted by atomic mass is 13.9. The Labute approximate surface area is 51.9 Å². The molecule has 0 aliphatic heterocycles. The predicted molar refractivity (Wildman–Crippen MR) is 38.9 cm³/mol. The SMILES string of the molecule is C=C/C(C)=C(/C)CC. The van der Waals surface area contributed by atoms with Gasteiger partial charge in [0, 0.05) is 0 Å². The summed E-state index contributed by atoms with van der Waals surface area (Å²) in [5.74, 6) is 0. The molecule has 0 heterocycles. The van der Waals surface area contributed by atoms with Gasteiger partial charge in [0.2, 0.25) is 0 Å². The van der Waals surface area contributed by atoms with Crippen LogP contribution in [0.15, 0.2) is 23.8 Å². The highest BCUT2D eigenvalue weighted by molar-refractivity contribution is 5.19. The van der Waals surface area contributed by atoms with Gasteiger partial charge in [0.25, 0.3) is 0 Å². The highest BCUT2D eigenvalue weighted by Crippen LogP contribution is 2.06. The molecule has 0 atom stereocenters. The van der Waals surface area contributed by atoms with Crippen molar-refractivity contribution in [2.45, 2.75) is 27.2 Å². The molecule has 0 aliphatic carbocycles. The lowest BCUT2D eigenvalue weighted by atomic mass is 10.1. The molecule has 0 rings (SSSR count). The Hall–Kier alpha value is -0.520. The molecule has 0 amide bonds. The van der Waals surface area contributed by atoms with Crippen molar-refractivity contribution in [3.8, 4) is 0 Å². The molecule has 0 unspecified atom stereocenters. The Balaban J connectivity index is 4.03. The van der Waals surface area contributed by atoms with Crippen LogP contribution < -0.4 is 0 Å². The van der Waals surface area contributed by atoms with E-state index in [-0.39, 0.29) is 0 Å². The fourth-order valence-corrected chi connectivity index (χ4v) is 0.453. The van der Waals surface area contributed by atoms with Crippen LogP contribution in [0.2, 0.25) is 0 Å². The molecule has 0 aliphatic rings. The monoisotopic (exact) mass is 110 g/mol. The lowest BCUT2D eigenvalue weighted by Gasteiger charge is -1.96. The molecule has 8 heavy (non-hydrogen) atoms. The first kappa shape index (κ1) is 7.48. The summed E-state index contributed by atoms with van der Waals surface area (Å²) < 4.78 is 0. The highest BCUT2D eigenvalue weighted by Gasteiger charge is 1.85. The van der Waals surface area contributed by atoms with Gasteiger partial charge in [-0.25, -0.2) is 0 Å². The molecule has 0 saturated heterocycles. The summed E-state index contributed by atoms with van der Waals surface area (Å²) in [6, 6.07) is 0. The number of hydrogen-bond acceptors (Lipinski definition) is 0. The van der Waals surface area contributed by atoms with Crippen LogP contribution in [-0.4, -0.2) is 0 Å². The van der Waals surface area contributed by atoms with Gasteiger partial charge in [-0.1, -0.05) is 30.7 Å². The van der Waals surface area contributed by atoms with Crippen molar-refractivity contribution in [3.63, 3.8) is 0 Å². The van der Waals surface area contributed by atoms with E-state index in [2.05, 4.69) is 27.4 Å². The largest absolute Gasteiger partial charge is 0.0988 e. The molecule has 0 bridgehead atoms. The Morgan fingerprint density at radius 3 is 2.12 bits per heavy atom. The van der Waals surface area contributed by atoms with Crippen LogP contribution in [0.4, 0.5) is 0 Å². The van der Waals surface area contributed by atoms with Gasteiger partial charge in [0.05, 0.1) is 0 Å². The maximum Gasteiger partial charge on any atom is -0.0346 e. The van der Waals surface area contributed by atoms with Gasteiger partial charge in [-0.15, -0.1) is 0 Å². The van der Waals surface area contributed by atoms with Crippen molar-refractivity contribution in [2.24, 2.45) is 0 Å². The first-order valence-electron chi connectivity index (χ1n) is 3.01. The van der Waals surface area contributed by atoms with E-state index in [1.807, 2.05) is 6.08 Å². The lowest BCUT2D eigenvalue weighted by Crippen LogP contribution is -1.75. The molecular weight excluding hydrogens is 96.1 g/mol. The first-order valence-corrected chi connectivity index (χ1v) is 3.01. The summed E-state index contributed by atoms with van der Waals surface area (Å²) in [6.45, 7) is 10.1. The van der Waals surface area contributed by atoms with Gasteiger partial charge in [0.15, 0.2) is 0 Å². The van der Waals surface area contributed by atoms with E-state index < -0.39 is 0 Å². The molecule has 0 spiro atoms. The third-order valence-corrected chi connectivity index (χ3v) is 1.51. The van der Waals surface area contributed by atoms with Crippen LogP contribution in [0.1, 0.15) is 27.2 Å². The molecule has 0 aromatic rings. The van der Waals surface area contributed by atoms with Gasteiger partial charge in [-0.3, -0.25) is 0 Å². The Kier molecular flexibility index (Phi) is 3.25. The molecular formula is C8H14. The third kappa shape index (κ3) is 1.97. The van der Waals surface area contributed by atoms with Crippen LogP contribution in [-0.2, 0) is 0 Å². The maximum atomic E-state index is 3.67. The van der Waals surface area contributed by atoms with Crippen molar-refractivity contribution < 1.29 is 0 Å². The van der Waals surface area contributed by atoms with E-state index in [0.29, 0.717) is 0 Å².